The van der Waals surface area contributed by atoms with E-state index in [1.54, 1.807) is 0 Å². The Morgan fingerprint density at radius 3 is 2.67 bits per heavy atom. The Hall–Kier alpha value is -3.16. The lowest BCUT2D eigenvalue weighted by Gasteiger charge is -2.43. The van der Waals surface area contributed by atoms with Crippen molar-refractivity contribution in [3.63, 3.8) is 0 Å². The second-order valence-electron chi connectivity index (χ2n) is 10.6. The second-order valence-corrected chi connectivity index (χ2v) is 10.6. The van der Waals surface area contributed by atoms with Crippen molar-refractivity contribution in [1.29, 1.82) is 0 Å². The number of piperidine rings is 1. The zero-order valence-electron chi connectivity index (χ0n) is 20.5. The van der Waals surface area contributed by atoms with Gasteiger partial charge in [-0.1, -0.05) is 18.7 Å². The predicted molar refractivity (Wildman–Crippen MR) is 139 cm³/mol. The van der Waals surface area contributed by atoms with Crippen LogP contribution in [0.1, 0.15) is 48.8 Å². The van der Waals surface area contributed by atoms with Gasteiger partial charge in [0.05, 0.1) is 11.5 Å². The van der Waals surface area contributed by atoms with Crippen molar-refractivity contribution < 1.29 is 19.4 Å². The summed E-state index contributed by atoms with van der Waals surface area (Å²) in [6, 6.07) is 12.2. The van der Waals surface area contributed by atoms with Gasteiger partial charge in [0, 0.05) is 30.4 Å². The quantitative estimate of drug-likeness (QED) is 0.652. The molecule has 0 bridgehead atoms. The van der Waals surface area contributed by atoms with Gasteiger partial charge < -0.3 is 20.1 Å². The molecule has 188 valence electrons. The number of hydrogen-bond donors (Lipinski definition) is 2. The summed E-state index contributed by atoms with van der Waals surface area (Å²) < 4.78 is 6.10. The molecule has 1 spiro atoms. The third-order valence-electron chi connectivity index (χ3n) is 8.50. The maximum atomic E-state index is 12.9. The van der Waals surface area contributed by atoms with Crippen LogP contribution in [0.25, 0.3) is 6.08 Å². The largest absolute Gasteiger partial charge is 0.492 e. The molecule has 0 atom stereocenters. The van der Waals surface area contributed by atoms with Crippen molar-refractivity contribution in [3.05, 3.63) is 59.7 Å². The van der Waals surface area contributed by atoms with Crippen molar-refractivity contribution in [1.82, 2.24) is 4.90 Å². The zero-order valence-corrected chi connectivity index (χ0v) is 20.5. The lowest BCUT2D eigenvalue weighted by Crippen LogP contribution is -2.51. The molecule has 0 aromatic heterocycles. The smallest absolute Gasteiger partial charge is 0.235 e. The lowest BCUT2D eigenvalue weighted by atomic mass is 9.73. The van der Waals surface area contributed by atoms with E-state index in [9.17, 15) is 14.7 Å². The number of fused-ring (bicyclic) bond motifs is 3. The number of aryl methyl sites for hydroxylation is 1. The van der Waals surface area contributed by atoms with Crippen LogP contribution in [0.2, 0.25) is 0 Å². The summed E-state index contributed by atoms with van der Waals surface area (Å²) in [6.07, 6.45) is 5.67. The molecule has 2 aromatic carbocycles. The van der Waals surface area contributed by atoms with Gasteiger partial charge in [-0.15, -0.1) is 0 Å². The van der Waals surface area contributed by atoms with E-state index >= 15 is 0 Å². The van der Waals surface area contributed by atoms with Crippen LogP contribution in [0, 0.1) is 0 Å². The summed E-state index contributed by atoms with van der Waals surface area (Å²) >= 11 is 0. The minimum atomic E-state index is -0.440. The molecule has 3 aliphatic heterocycles. The van der Waals surface area contributed by atoms with E-state index < -0.39 is 5.41 Å². The number of anilines is 2. The molecule has 2 aromatic rings. The number of ether oxygens (including phenoxy) is 1. The SMILES string of the molecule is C=Cc1ccc2c(c1)C1(CCN(CCOc3ccc4c(c3)CCC(=O)N4C3CC(O)C3)CC1)C(=O)N2. The monoisotopic (exact) mass is 487 g/mol. The van der Waals surface area contributed by atoms with Gasteiger partial charge in [0.1, 0.15) is 12.4 Å². The first-order valence-electron chi connectivity index (χ1n) is 13.0. The number of benzene rings is 2. The van der Waals surface area contributed by atoms with Crippen LogP contribution in [-0.4, -0.2) is 60.2 Å². The van der Waals surface area contributed by atoms with Crippen LogP contribution in [0.3, 0.4) is 0 Å². The summed E-state index contributed by atoms with van der Waals surface area (Å²) in [6.45, 7) is 6.95. The molecule has 1 saturated carbocycles. The van der Waals surface area contributed by atoms with Crippen LogP contribution in [-0.2, 0) is 21.4 Å². The number of carbonyl (C=O) groups excluding carboxylic acids is 2. The van der Waals surface area contributed by atoms with Crippen molar-refractivity contribution in [3.8, 4) is 5.75 Å². The summed E-state index contributed by atoms with van der Waals surface area (Å²) in [5.74, 6) is 1.09. The number of aliphatic hydroxyl groups is 1. The third kappa shape index (κ3) is 3.91. The van der Waals surface area contributed by atoms with E-state index in [4.69, 9.17) is 4.74 Å². The zero-order chi connectivity index (χ0) is 24.9. The van der Waals surface area contributed by atoms with E-state index in [0.29, 0.717) is 25.9 Å². The number of amides is 2. The maximum absolute atomic E-state index is 12.9. The normalized spacial score (nSPS) is 24.6. The van der Waals surface area contributed by atoms with Gasteiger partial charge in [0.25, 0.3) is 0 Å². The average Bonchev–Trinajstić information content (AvgIpc) is 3.13. The third-order valence-corrected chi connectivity index (χ3v) is 8.50. The van der Waals surface area contributed by atoms with Crippen LogP contribution in [0.4, 0.5) is 11.4 Å². The fraction of sp³-hybridized carbons (Fsp3) is 0.448. The highest BCUT2D eigenvalue weighted by Crippen LogP contribution is 2.45. The molecule has 2 N–H and O–H groups in total. The number of aliphatic hydroxyl groups excluding tert-OH is 1. The van der Waals surface area contributed by atoms with Gasteiger partial charge in [0.2, 0.25) is 11.8 Å². The average molecular weight is 488 g/mol. The molecule has 4 aliphatic rings. The highest BCUT2D eigenvalue weighted by molar-refractivity contribution is 6.06. The van der Waals surface area contributed by atoms with Gasteiger partial charge in [-0.2, -0.15) is 0 Å². The second kappa shape index (κ2) is 9.05. The van der Waals surface area contributed by atoms with Gasteiger partial charge in [-0.25, -0.2) is 0 Å². The molecule has 6 rings (SSSR count). The topological polar surface area (TPSA) is 82.1 Å². The molecule has 7 nitrogen and oxygen atoms in total. The molecular formula is C29H33N3O4. The minimum Gasteiger partial charge on any atom is -0.492 e. The van der Waals surface area contributed by atoms with Crippen molar-refractivity contribution in [2.24, 2.45) is 0 Å². The van der Waals surface area contributed by atoms with Gasteiger partial charge >= 0.3 is 0 Å². The predicted octanol–water partition coefficient (Wildman–Crippen LogP) is 3.50. The summed E-state index contributed by atoms with van der Waals surface area (Å²) in [5.41, 5.74) is 4.75. The Morgan fingerprint density at radius 1 is 1.11 bits per heavy atom. The fourth-order valence-electron chi connectivity index (χ4n) is 6.26. The van der Waals surface area contributed by atoms with Crippen LogP contribution in [0.15, 0.2) is 43.0 Å². The first-order valence-corrected chi connectivity index (χ1v) is 13.0. The van der Waals surface area contributed by atoms with Crippen LogP contribution in [0.5, 0.6) is 5.75 Å². The first-order chi connectivity index (χ1) is 17.5. The van der Waals surface area contributed by atoms with E-state index in [-0.39, 0.29) is 24.0 Å². The molecule has 0 unspecified atom stereocenters. The van der Waals surface area contributed by atoms with Gasteiger partial charge in [0.15, 0.2) is 0 Å². The van der Waals surface area contributed by atoms with Crippen molar-refractivity contribution in [2.45, 2.75) is 56.1 Å². The Labute approximate surface area is 211 Å². The number of carbonyl (C=O) groups is 2. The van der Waals surface area contributed by atoms with E-state index in [0.717, 1.165) is 72.7 Å². The minimum absolute atomic E-state index is 0.109. The Kier molecular flexibility index (Phi) is 5.85. The number of likely N-dealkylation sites (tertiary alicyclic amines) is 1. The van der Waals surface area contributed by atoms with Crippen LogP contribution < -0.4 is 15.0 Å². The van der Waals surface area contributed by atoms with Gasteiger partial charge in [-0.3, -0.25) is 14.5 Å². The highest BCUT2D eigenvalue weighted by Gasteiger charge is 2.48. The first kappa shape index (κ1) is 23.3. The molecule has 7 heteroatoms. The lowest BCUT2D eigenvalue weighted by molar-refractivity contribution is -0.122. The van der Waals surface area contributed by atoms with Crippen molar-refractivity contribution in [2.75, 3.05) is 36.5 Å². The molecular weight excluding hydrogens is 454 g/mol. The Balaban J connectivity index is 1.05. The van der Waals surface area contributed by atoms with E-state index in [1.165, 1.54) is 0 Å². The van der Waals surface area contributed by atoms with E-state index in [1.807, 2.05) is 35.2 Å². The molecule has 36 heavy (non-hydrogen) atoms. The standard InChI is InChI=1S/C29H33N3O4/c1-2-19-3-6-25-24(15-19)29(28(35)30-25)9-11-31(12-10-29)13-14-36-23-5-7-26-20(16-23)4-8-27(34)32(26)21-17-22(33)18-21/h2-3,5-7,15-16,21-22,33H,1,4,8-14,17-18H2,(H,30,35). The summed E-state index contributed by atoms with van der Waals surface area (Å²) in [5, 5.41) is 12.8. The molecule has 1 saturated heterocycles. The van der Waals surface area contributed by atoms with Crippen molar-refractivity contribution >= 4 is 29.3 Å². The maximum Gasteiger partial charge on any atom is 0.235 e. The molecule has 1 aliphatic carbocycles. The molecule has 3 heterocycles. The summed E-state index contributed by atoms with van der Waals surface area (Å²) in [4.78, 5) is 29.7. The fourth-order valence-corrected chi connectivity index (χ4v) is 6.26. The number of nitrogens with zero attached hydrogens (tertiary/aromatic N) is 2. The summed E-state index contributed by atoms with van der Waals surface area (Å²) in [7, 11) is 0. The molecule has 0 radical (unpaired) electrons. The highest BCUT2D eigenvalue weighted by atomic mass is 16.5. The number of rotatable bonds is 6. The van der Waals surface area contributed by atoms with Crippen LogP contribution >= 0.6 is 0 Å². The van der Waals surface area contributed by atoms with E-state index in [2.05, 4.69) is 28.9 Å². The number of hydrogen-bond acceptors (Lipinski definition) is 5. The molecule has 2 fully saturated rings. The number of nitrogens with one attached hydrogen (secondary N) is 1. The Bertz CT molecular complexity index is 1210. The van der Waals surface area contributed by atoms with Gasteiger partial charge in [-0.05, 0) is 92.2 Å². The molecule has 2 amide bonds. The Morgan fingerprint density at radius 2 is 1.92 bits per heavy atom.